The number of aromatic nitrogens is 4. The molecule has 0 spiro atoms. The van der Waals surface area contributed by atoms with Gasteiger partial charge in [0.15, 0.2) is 0 Å². The summed E-state index contributed by atoms with van der Waals surface area (Å²) < 4.78 is 0. The van der Waals surface area contributed by atoms with E-state index in [0.29, 0.717) is 23.6 Å². The number of hydrogen-bond donors (Lipinski definition) is 2. The Labute approximate surface area is 92.1 Å². The monoisotopic (exact) mass is 217 g/mol. The van der Waals surface area contributed by atoms with Gasteiger partial charge >= 0.3 is 0 Å². The second-order valence-corrected chi connectivity index (χ2v) is 3.25. The van der Waals surface area contributed by atoms with Crippen LogP contribution in [-0.2, 0) is 6.54 Å². The van der Waals surface area contributed by atoms with E-state index in [0.717, 1.165) is 0 Å². The summed E-state index contributed by atoms with van der Waals surface area (Å²) in [6.45, 7) is 2.12. The standard InChI is InChI=1S/C10H11N5O/c1-7-8(3-2-4-11-7)10(16)12-5-9-13-6-14-15-9/h2-4,6H,5H2,1H3,(H,12,16)(H,13,14,15). The van der Waals surface area contributed by atoms with Gasteiger partial charge in [0.25, 0.3) is 5.91 Å². The Balaban J connectivity index is 2.01. The minimum Gasteiger partial charge on any atom is -0.345 e. The van der Waals surface area contributed by atoms with E-state index in [1.165, 1.54) is 6.33 Å². The van der Waals surface area contributed by atoms with Gasteiger partial charge < -0.3 is 5.32 Å². The summed E-state index contributed by atoms with van der Waals surface area (Å²) in [5, 5.41) is 9.09. The molecule has 6 nitrogen and oxygen atoms in total. The van der Waals surface area contributed by atoms with Crippen LogP contribution in [0.2, 0.25) is 0 Å². The van der Waals surface area contributed by atoms with E-state index in [9.17, 15) is 4.79 Å². The molecular weight excluding hydrogens is 206 g/mol. The van der Waals surface area contributed by atoms with Gasteiger partial charge in [-0.1, -0.05) is 0 Å². The van der Waals surface area contributed by atoms with Gasteiger partial charge in [-0.25, -0.2) is 4.98 Å². The van der Waals surface area contributed by atoms with Gasteiger partial charge in [-0.2, -0.15) is 5.10 Å². The predicted molar refractivity (Wildman–Crippen MR) is 56.5 cm³/mol. The normalized spacial score (nSPS) is 10.1. The Morgan fingerprint density at radius 2 is 2.38 bits per heavy atom. The van der Waals surface area contributed by atoms with Crippen molar-refractivity contribution in [2.75, 3.05) is 0 Å². The van der Waals surface area contributed by atoms with Crippen LogP contribution in [0.25, 0.3) is 0 Å². The van der Waals surface area contributed by atoms with E-state index in [4.69, 9.17) is 0 Å². The first-order chi connectivity index (χ1) is 7.77. The molecule has 0 saturated heterocycles. The average molecular weight is 217 g/mol. The van der Waals surface area contributed by atoms with Crippen LogP contribution < -0.4 is 5.32 Å². The van der Waals surface area contributed by atoms with E-state index in [1.54, 1.807) is 25.3 Å². The molecule has 1 amide bonds. The fraction of sp³-hybridized carbons (Fsp3) is 0.200. The lowest BCUT2D eigenvalue weighted by atomic mass is 10.2. The summed E-state index contributed by atoms with van der Waals surface area (Å²) in [4.78, 5) is 19.7. The third-order valence-electron chi connectivity index (χ3n) is 2.13. The van der Waals surface area contributed by atoms with E-state index >= 15 is 0 Å². The fourth-order valence-corrected chi connectivity index (χ4v) is 1.30. The van der Waals surface area contributed by atoms with Crippen molar-refractivity contribution in [3.63, 3.8) is 0 Å². The first kappa shape index (κ1) is 10.3. The first-order valence-corrected chi connectivity index (χ1v) is 4.81. The number of nitrogens with one attached hydrogen (secondary N) is 2. The lowest BCUT2D eigenvalue weighted by Gasteiger charge is -2.04. The molecule has 16 heavy (non-hydrogen) atoms. The molecule has 2 aromatic rings. The van der Waals surface area contributed by atoms with Crippen molar-refractivity contribution >= 4 is 5.91 Å². The quantitative estimate of drug-likeness (QED) is 0.781. The summed E-state index contributed by atoms with van der Waals surface area (Å²) in [6.07, 6.45) is 3.05. The molecule has 0 aliphatic carbocycles. The summed E-state index contributed by atoms with van der Waals surface area (Å²) in [7, 11) is 0. The summed E-state index contributed by atoms with van der Waals surface area (Å²) in [5.41, 5.74) is 1.28. The highest BCUT2D eigenvalue weighted by Gasteiger charge is 2.08. The Morgan fingerprint density at radius 3 is 3.06 bits per heavy atom. The molecule has 6 heteroatoms. The van der Waals surface area contributed by atoms with Crippen LogP contribution in [-0.4, -0.2) is 26.1 Å². The van der Waals surface area contributed by atoms with Gasteiger partial charge in [-0.3, -0.25) is 14.9 Å². The van der Waals surface area contributed by atoms with Crippen molar-refractivity contribution in [3.05, 3.63) is 41.7 Å². The highest BCUT2D eigenvalue weighted by molar-refractivity contribution is 5.94. The molecule has 0 unspecified atom stereocenters. The number of carbonyl (C=O) groups is 1. The zero-order valence-corrected chi connectivity index (χ0v) is 8.77. The molecule has 0 aliphatic rings. The molecule has 0 radical (unpaired) electrons. The summed E-state index contributed by atoms with van der Waals surface area (Å²) >= 11 is 0. The van der Waals surface area contributed by atoms with Crippen molar-refractivity contribution in [2.45, 2.75) is 13.5 Å². The zero-order valence-electron chi connectivity index (χ0n) is 8.77. The van der Waals surface area contributed by atoms with E-state index in [2.05, 4.69) is 25.5 Å². The number of amides is 1. The van der Waals surface area contributed by atoms with Crippen LogP contribution in [0.15, 0.2) is 24.7 Å². The molecule has 82 valence electrons. The third kappa shape index (κ3) is 2.22. The van der Waals surface area contributed by atoms with Gasteiger partial charge in [0.1, 0.15) is 12.2 Å². The number of hydrogen-bond acceptors (Lipinski definition) is 4. The van der Waals surface area contributed by atoms with Gasteiger partial charge in [-0.15, -0.1) is 0 Å². The maximum Gasteiger partial charge on any atom is 0.253 e. The van der Waals surface area contributed by atoms with Crippen molar-refractivity contribution in [1.82, 2.24) is 25.5 Å². The molecule has 0 fully saturated rings. The number of pyridine rings is 1. The maximum atomic E-state index is 11.7. The molecule has 2 aromatic heterocycles. The molecule has 0 aromatic carbocycles. The molecule has 2 rings (SSSR count). The average Bonchev–Trinajstić information content (AvgIpc) is 2.79. The third-order valence-corrected chi connectivity index (χ3v) is 2.13. The Bertz CT molecular complexity index is 480. The number of aromatic amines is 1. The van der Waals surface area contributed by atoms with Gasteiger partial charge in [-0.05, 0) is 19.1 Å². The number of nitrogens with zero attached hydrogens (tertiary/aromatic N) is 3. The minimum absolute atomic E-state index is 0.165. The Kier molecular flexibility index (Phi) is 2.90. The van der Waals surface area contributed by atoms with E-state index in [1.807, 2.05) is 0 Å². The van der Waals surface area contributed by atoms with Gasteiger partial charge in [0.05, 0.1) is 12.1 Å². The van der Waals surface area contributed by atoms with E-state index in [-0.39, 0.29) is 5.91 Å². The number of H-pyrrole nitrogens is 1. The number of rotatable bonds is 3. The second-order valence-electron chi connectivity index (χ2n) is 3.25. The fourth-order valence-electron chi connectivity index (χ4n) is 1.30. The summed E-state index contributed by atoms with van der Waals surface area (Å²) in [5.74, 6) is 0.455. The smallest absolute Gasteiger partial charge is 0.253 e. The summed E-state index contributed by atoms with van der Waals surface area (Å²) in [6, 6.07) is 3.47. The van der Waals surface area contributed by atoms with Crippen LogP contribution in [0.5, 0.6) is 0 Å². The molecule has 0 bridgehead atoms. The van der Waals surface area contributed by atoms with Crippen LogP contribution in [0.1, 0.15) is 21.9 Å². The predicted octanol–water partition coefficient (Wildman–Crippen LogP) is 0.438. The largest absolute Gasteiger partial charge is 0.345 e. The van der Waals surface area contributed by atoms with Crippen LogP contribution >= 0.6 is 0 Å². The molecular formula is C10H11N5O. The first-order valence-electron chi connectivity index (χ1n) is 4.81. The molecule has 0 aliphatic heterocycles. The topological polar surface area (TPSA) is 83.6 Å². The van der Waals surface area contributed by atoms with Gasteiger partial charge in [0.2, 0.25) is 0 Å². The second kappa shape index (κ2) is 4.52. The van der Waals surface area contributed by atoms with Crippen LogP contribution in [0.3, 0.4) is 0 Å². The molecule has 2 heterocycles. The highest BCUT2D eigenvalue weighted by atomic mass is 16.1. The zero-order chi connectivity index (χ0) is 11.4. The highest BCUT2D eigenvalue weighted by Crippen LogP contribution is 2.03. The minimum atomic E-state index is -0.165. The van der Waals surface area contributed by atoms with Crippen molar-refractivity contribution in [2.24, 2.45) is 0 Å². The molecule has 0 saturated carbocycles. The Hall–Kier alpha value is -2.24. The number of carbonyl (C=O) groups excluding carboxylic acids is 1. The van der Waals surface area contributed by atoms with Crippen molar-refractivity contribution in [1.29, 1.82) is 0 Å². The van der Waals surface area contributed by atoms with E-state index < -0.39 is 0 Å². The van der Waals surface area contributed by atoms with Crippen LogP contribution in [0.4, 0.5) is 0 Å². The molecule has 0 atom stereocenters. The van der Waals surface area contributed by atoms with Crippen molar-refractivity contribution in [3.8, 4) is 0 Å². The lowest BCUT2D eigenvalue weighted by molar-refractivity contribution is 0.0949. The number of aryl methyl sites for hydroxylation is 1. The Morgan fingerprint density at radius 1 is 1.50 bits per heavy atom. The van der Waals surface area contributed by atoms with Crippen LogP contribution in [0, 0.1) is 6.92 Å². The lowest BCUT2D eigenvalue weighted by Crippen LogP contribution is -2.24. The van der Waals surface area contributed by atoms with Crippen molar-refractivity contribution < 1.29 is 4.79 Å². The molecule has 2 N–H and O–H groups in total. The maximum absolute atomic E-state index is 11.7. The van der Waals surface area contributed by atoms with Gasteiger partial charge in [0, 0.05) is 11.9 Å². The SMILES string of the molecule is Cc1ncccc1C(=O)NCc1ncn[nH]1.